The highest BCUT2D eigenvalue weighted by molar-refractivity contribution is 6.30. The molecule has 5 nitrogen and oxygen atoms in total. The number of hydrogen-bond acceptors (Lipinski definition) is 4. The minimum Gasteiger partial charge on any atom is -0.463 e. The molecule has 0 saturated carbocycles. The summed E-state index contributed by atoms with van der Waals surface area (Å²) < 4.78 is 6.57. The molecular weight excluding hydrogens is 302 g/mol. The molecule has 0 aliphatic carbocycles. The summed E-state index contributed by atoms with van der Waals surface area (Å²) in [5, 5.41) is 5.11. The first-order valence-corrected chi connectivity index (χ1v) is 7.45. The van der Waals surface area contributed by atoms with Gasteiger partial charge < -0.3 is 4.74 Å². The van der Waals surface area contributed by atoms with E-state index >= 15 is 0 Å². The van der Waals surface area contributed by atoms with E-state index in [1.807, 2.05) is 20.0 Å². The van der Waals surface area contributed by atoms with Crippen LogP contribution in [0.25, 0.3) is 11.9 Å². The van der Waals surface area contributed by atoms with Crippen LogP contribution < -0.4 is 0 Å². The molecule has 0 aliphatic heterocycles. The molecule has 0 aromatic carbocycles. The van der Waals surface area contributed by atoms with Gasteiger partial charge in [-0.2, -0.15) is 5.10 Å². The van der Waals surface area contributed by atoms with E-state index in [2.05, 4.69) is 10.1 Å². The Morgan fingerprint density at radius 3 is 2.82 bits per heavy atom. The molecule has 0 radical (unpaired) electrons. The number of aromatic nitrogens is 3. The normalized spacial score (nSPS) is 11.3. The van der Waals surface area contributed by atoms with Crippen LogP contribution in [0, 0.1) is 0 Å². The largest absolute Gasteiger partial charge is 0.463 e. The smallest absolute Gasteiger partial charge is 0.330 e. The molecular formula is C16H18ClN3O2. The van der Waals surface area contributed by atoms with Gasteiger partial charge in [0.15, 0.2) is 5.82 Å². The summed E-state index contributed by atoms with van der Waals surface area (Å²) in [6.07, 6.45) is 6.53. The molecule has 0 unspecified atom stereocenters. The van der Waals surface area contributed by atoms with Crippen molar-refractivity contribution < 1.29 is 9.53 Å². The molecule has 0 fully saturated rings. The fraction of sp³-hybridized carbons (Fsp3) is 0.312. The highest BCUT2D eigenvalue weighted by Gasteiger charge is 2.12. The van der Waals surface area contributed by atoms with Gasteiger partial charge in [-0.1, -0.05) is 25.4 Å². The Bertz CT molecular complexity index is 675. The lowest BCUT2D eigenvalue weighted by Gasteiger charge is -2.02. The second kappa shape index (κ2) is 7.22. The summed E-state index contributed by atoms with van der Waals surface area (Å²) in [5.74, 6) is 0.520. The lowest BCUT2D eigenvalue weighted by molar-refractivity contribution is -0.137. The summed E-state index contributed by atoms with van der Waals surface area (Å²) in [6.45, 7) is 6.22. The van der Waals surface area contributed by atoms with E-state index < -0.39 is 0 Å². The second-order valence-electron chi connectivity index (χ2n) is 4.99. The van der Waals surface area contributed by atoms with E-state index in [9.17, 15) is 4.79 Å². The number of ether oxygens (including phenoxy) is 1. The molecule has 0 atom stereocenters. The van der Waals surface area contributed by atoms with E-state index in [4.69, 9.17) is 16.3 Å². The van der Waals surface area contributed by atoms with Gasteiger partial charge >= 0.3 is 5.97 Å². The molecule has 2 heterocycles. The minimum absolute atomic E-state index is 0.218. The summed E-state index contributed by atoms with van der Waals surface area (Å²) >= 11 is 5.85. The van der Waals surface area contributed by atoms with Gasteiger partial charge in [0.05, 0.1) is 17.3 Å². The number of carbonyl (C=O) groups is 1. The first kappa shape index (κ1) is 16.2. The van der Waals surface area contributed by atoms with Gasteiger partial charge in [0, 0.05) is 24.0 Å². The Morgan fingerprint density at radius 2 is 2.23 bits per heavy atom. The third kappa shape index (κ3) is 3.95. The Kier molecular flexibility index (Phi) is 5.33. The van der Waals surface area contributed by atoms with Crippen LogP contribution >= 0.6 is 11.6 Å². The Labute approximate surface area is 134 Å². The zero-order valence-corrected chi connectivity index (χ0v) is 13.5. The molecule has 0 bridgehead atoms. The Balaban J connectivity index is 2.33. The minimum atomic E-state index is -0.366. The van der Waals surface area contributed by atoms with Crippen molar-refractivity contribution in [1.82, 2.24) is 14.8 Å². The maximum absolute atomic E-state index is 11.4. The van der Waals surface area contributed by atoms with Crippen molar-refractivity contribution in [1.29, 1.82) is 0 Å². The highest BCUT2D eigenvalue weighted by Crippen LogP contribution is 2.21. The van der Waals surface area contributed by atoms with Crippen LogP contribution in [0.15, 0.2) is 30.6 Å². The fourth-order valence-corrected chi connectivity index (χ4v) is 2.06. The van der Waals surface area contributed by atoms with Crippen LogP contribution in [0.3, 0.4) is 0 Å². The highest BCUT2D eigenvalue weighted by atomic mass is 35.5. The van der Waals surface area contributed by atoms with Crippen LogP contribution in [-0.4, -0.2) is 27.3 Å². The summed E-state index contributed by atoms with van der Waals surface area (Å²) in [7, 11) is 0. The zero-order chi connectivity index (χ0) is 16.1. The van der Waals surface area contributed by atoms with Gasteiger partial charge in [-0.3, -0.25) is 0 Å². The number of carbonyl (C=O) groups excluding carboxylic acids is 1. The number of esters is 1. The van der Waals surface area contributed by atoms with Gasteiger partial charge in [-0.25, -0.2) is 14.5 Å². The van der Waals surface area contributed by atoms with Crippen molar-refractivity contribution in [3.8, 4) is 5.82 Å². The van der Waals surface area contributed by atoms with E-state index in [1.54, 1.807) is 36.0 Å². The molecule has 116 valence electrons. The number of nitrogens with zero attached hydrogens (tertiary/aromatic N) is 3. The zero-order valence-electron chi connectivity index (χ0n) is 12.8. The van der Waals surface area contributed by atoms with Crippen LogP contribution in [-0.2, 0) is 9.53 Å². The summed E-state index contributed by atoms with van der Waals surface area (Å²) in [5.41, 5.74) is 1.75. The molecule has 0 N–H and O–H groups in total. The second-order valence-corrected chi connectivity index (χ2v) is 5.43. The Hall–Kier alpha value is -2.14. The van der Waals surface area contributed by atoms with Crippen molar-refractivity contribution in [2.24, 2.45) is 0 Å². The van der Waals surface area contributed by atoms with Crippen LogP contribution in [0.4, 0.5) is 0 Å². The van der Waals surface area contributed by atoms with E-state index in [1.165, 1.54) is 6.08 Å². The monoisotopic (exact) mass is 319 g/mol. The van der Waals surface area contributed by atoms with Gasteiger partial charge in [0.1, 0.15) is 0 Å². The van der Waals surface area contributed by atoms with Crippen LogP contribution in [0.1, 0.15) is 37.9 Å². The first-order chi connectivity index (χ1) is 10.5. The maximum Gasteiger partial charge on any atom is 0.330 e. The number of pyridine rings is 1. The Morgan fingerprint density at radius 1 is 1.45 bits per heavy atom. The summed E-state index contributed by atoms with van der Waals surface area (Å²) in [4.78, 5) is 15.7. The third-order valence-corrected chi connectivity index (χ3v) is 3.18. The molecule has 22 heavy (non-hydrogen) atoms. The lowest BCUT2D eigenvalue weighted by atomic mass is 10.1. The van der Waals surface area contributed by atoms with E-state index in [0.29, 0.717) is 17.4 Å². The van der Waals surface area contributed by atoms with E-state index in [0.717, 1.165) is 11.3 Å². The third-order valence-electron chi connectivity index (χ3n) is 2.95. The predicted molar refractivity (Wildman–Crippen MR) is 86.1 cm³/mol. The molecule has 0 aliphatic rings. The standard InChI is InChI=1S/C16H18ClN3O2/c1-4-22-15(21)8-5-12-10-20(19-16(12)11(2)3)14-7-6-13(17)9-18-14/h5-11H,4H2,1-3H3. The average molecular weight is 320 g/mol. The van der Waals surface area contributed by atoms with Gasteiger partial charge in [-0.15, -0.1) is 0 Å². The van der Waals surface area contributed by atoms with Gasteiger partial charge in [0.2, 0.25) is 0 Å². The molecule has 6 heteroatoms. The number of rotatable bonds is 5. The van der Waals surface area contributed by atoms with Crippen molar-refractivity contribution in [3.05, 3.63) is 46.9 Å². The maximum atomic E-state index is 11.4. The molecule has 2 aromatic heterocycles. The SMILES string of the molecule is CCOC(=O)C=Cc1cn(-c2ccc(Cl)cn2)nc1C(C)C. The fourth-order valence-electron chi connectivity index (χ4n) is 1.95. The molecule has 0 saturated heterocycles. The number of halogens is 1. The van der Waals surface area contributed by atoms with Crippen molar-refractivity contribution in [2.75, 3.05) is 6.61 Å². The summed E-state index contributed by atoms with van der Waals surface area (Å²) in [6, 6.07) is 3.55. The molecule has 2 rings (SSSR count). The lowest BCUT2D eigenvalue weighted by Crippen LogP contribution is -1.99. The van der Waals surface area contributed by atoms with Crippen LogP contribution in [0.5, 0.6) is 0 Å². The van der Waals surface area contributed by atoms with Crippen LogP contribution in [0.2, 0.25) is 5.02 Å². The van der Waals surface area contributed by atoms with Gasteiger partial charge in [-0.05, 0) is 31.1 Å². The van der Waals surface area contributed by atoms with E-state index in [-0.39, 0.29) is 11.9 Å². The van der Waals surface area contributed by atoms with Crippen molar-refractivity contribution >= 4 is 23.6 Å². The quantitative estimate of drug-likeness (QED) is 0.624. The molecule has 0 amide bonds. The molecule has 0 spiro atoms. The predicted octanol–water partition coefficient (Wildman–Crippen LogP) is 3.62. The van der Waals surface area contributed by atoms with Crippen molar-refractivity contribution in [2.45, 2.75) is 26.7 Å². The van der Waals surface area contributed by atoms with Crippen molar-refractivity contribution in [3.63, 3.8) is 0 Å². The number of hydrogen-bond donors (Lipinski definition) is 0. The average Bonchev–Trinajstić information content (AvgIpc) is 2.90. The molecule has 2 aromatic rings. The topological polar surface area (TPSA) is 57.0 Å². The first-order valence-electron chi connectivity index (χ1n) is 7.07. The van der Waals surface area contributed by atoms with Gasteiger partial charge in [0.25, 0.3) is 0 Å².